The van der Waals surface area contributed by atoms with Gasteiger partial charge in [-0.2, -0.15) is 0 Å². The fourth-order valence-electron chi connectivity index (χ4n) is 5.05. The maximum atomic E-state index is 11.4. The fraction of sp³-hybridized carbons (Fsp3) is 0.229. The Balaban J connectivity index is 1.26. The third kappa shape index (κ3) is 6.87. The molecule has 1 aliphatic rings. The quantitative estimate of drug-likeness (QED) is 0.199. The zero-order valence-corrected chi connectivity index (χ0v) is 22.7. The van der Waals surface area contributed by atoms with E-state index in [1.165, 1.54) is 11.1 Å². The summed E-state index contributed by atoms with van der Waals surface area (Å²) >= 11 is 0. The van der Waals surface area contributed by atoms with Crippen LogP contribution in [0, 0.1) is 0 Å². The molecule has 1 N–H and O–H groups in total. The van der Waals surface area contributed by atoms with E-state index in [0.717, 1.165) is 34.2 Å². The Morgan fingerprint density at radius 3 is 2.23 bits per heavy atom. The monoisotopic (exact) mass is 534 g/mol. The second-order valence-corrected chi connectivity index (χ2v) is 9.82. The number of hydrogen-bond donors (Lipinski definition) is 1. The first-order valence-electron chi connectivity index (χ1n) is 13.7. The minimum absolute atomic E-state index is 0.214. The lowest BCUT2D eigenvalue weighted by Gasteiger charge is -2.22. The molecule has 5 heteroatoms. The zero-order chi connectivity index (χ0) is 27.7. The highest BCUT2D eigenvalue weighted by Gasteiger charge is 2.23. The Hall–Kier alpha value is -4.19. The third-order valence-electron chi connectivity index (χ3n) is 7.03. The molecule has 40 heavy (non-hydrogen) atoms. The summed E-state index contributed by atoms with van der Waals surface area (Å²) in [5.74, 6) is -0.243. The summed E-state index contributed by atoms with van der Waals surface area (Å²) in [4.78, 5) is 11.4. The molecule has 0 saturated carbocycles. The second-order valence-electron chi connectivity index (χ2n) is 9.82. The van der Waals surface area contributed by atoms with Crippen molar-refractivity contribution in [2.24, 2.45) is 0 Å². The van der Waals surface area contributed by atoms with Crippen LogP contribution in [0.4, 0.5) is 0 Å². The molecule has 5 rings (SSSR count). The average Bonchev–Trinajstić information content (AvgIpc) is 3.13. The van der Waals surface area contributed by atoms with E-state index in [1.54, 1.807) is 6.92 Å². The highest BCUT2D eigenvalue weighted by molar-refractivity contribution is 5.76. The van der Waals surface area contributed by atoms with Gasteiger partial charge in [-0.3, -0.25) is 0 Å². The topological polar surface area (TPSA) is 65.0 Å². The number of carbonyl (C=O) groups is 1. The largest absolute Gasteiger partial charge is 0.491 e. The van der Waals surface area contributed by atoms with Crippen molar-refractivity contribution in [2.45, 2.75) is 32.0 Å². The molecule has 5 nitrogen and oxygen atoms in total. The van der Waals surface area contributed by atoms with Crippen molar-refractivity contribution in [2.75, 3.05) is 19.8 Å². The first kappa shape index (κ1) is 27.4. The van der Waals surface area contributed by atoms with E-state index in [0.29, 0.717) is 32.0 Å². The van der Waals surface area contributed by atoms with Gasteiger partial charge in [0.25, 0.3) is 0 Å². The van der Waals surface area contributed by atoms with Gasteiger partial charge in [0, 0.05) is 13.0 Å². The molecule has 0 heterocycles. The second kappa shape index (κ2) is 13.2. The van der Waals surface area contributed by atoms with Crippen LogP contribution in [0.1, 0.15) is 52.0 Å². The predicted octanol–water partition coefficient (Wildman–Crippen LogP) is 6.98. The number of carboxylic acid groups (broad SMARTS) is 1. The van der Waals surface area contributed by atoms with Crippen molar-refractivity contribution in [1.82, 2.24) is 0 Å². The summed E-state index contributed by atoms with van der Waals surface area (Å²) in [5.41, 5.74) is 8.01. The third-order valence-corrected chi connectivity index (χ3v) is 7.03. The summed E-state index contributed by atoms with van der Waals surface area (Å²) < 4.78 is 17.8. The summed E-state index contributed by atoms with van der Waals surface area (Å²) in [5, 5.41) is 9.33. The molecule has 0 bridgehead atoms. The van der Waals surface area contributed by atoms with E-state index in [-0.39, 0.29) is 6.10 Å². The SMILES string of the molecule is CCOC(Cc1ccc(OCCOC2c3ccccc3C=Cc3ccc(Cc4ccccc4)cc32)cc1)C(=O)O. The molecule has 4 aromatic rings. The van der Waals surface area contributed by atoms with Crippen LogP contribution in [0.2, 0.25) is 0 Å². The molecule has 0 aromatic heterocycles. The van der Waals surface area contributed by atoms with Crippen molar-refractivity contribution in [1.29, 1.82) is 0 Å². The Kier molecular flexibility index (Phi) is 9.07. The van der Waals surface area contributed by atoms with Crippen LogP contribution in [-0.4, -0.2) is 37.0 Å². The van der Waals surface area contributed by atoms with E-state index in [1.807, 2.05) is 30.3 Å². The first-order chi connectivity index (χ1) is 19.6. The lowest BCUT2D eigenvalue weighted by Crippen LogP contribution is -2.26. The molecule has 2 atom stereocenters. The van der Waals surface area contributed by atoms with Gasteiger partial charge in [0.1, 0.15) is 18.5 Å². The molecule has 0 amide bonds. The summed E-state index contributed by atoms with van der Waals surface area (Å²) in [6, 6.07) is 33.0. The minimum atomic E-state index is -0.955. The molecule has 0 spiro atoms. The Morgan fingerprint density at radius 2 is 1.48 bits per heavy atom. The van der Waals surface area contributed by atoms with Gasteiger partial charge in [0.15, 0.2) is 6.10 Å². The van der Waals surface area contributed by atoms with E-state index < -0.39 is 12.1 Å². The normalized spacial score (nSPS) is 14.6. The first-order valence-corrected chi connectivity index (χ1v) is 13.7. The molecule has 0 fully saturated rings. The molecular formula is C35H34O5. The van der Waals surface area contributed by atoms with Gasteiger partial charge in [0.2, 0.25) is 0 Å². The maximum Gasteiger partial charge on any atom is 0.333 e. The van der Waals surface area contributed by atoms with Gasteiger partial charge < -0.3 is 19.3 Å². The van der Waals surface area contributed by atoms with Crippen LogP contribution >= 0.6 is 0 Å². The molecule has 0 saturated heterocycles. The van der Waals surface area contributed by atoms with E-state index in [4.69, 9.17) is 14.2 Å². The van der Waals surface area contributed by atoms with Gasteiger partial charge in [0.05, 0.1) is 6.61 Å². The molecule has 0 radical (unpaired) electrons. The standard InChI is InChI=1S/C35H34O5/c1-2-38-33(35(36)37)24-26-13-18-30(19-14-26)39-20-21-40-34-31-11-7-6-10-28(31)16-17-29-15-12-27(23-32(29)34)22-25-8-4-3-5-9-25/h3-19,23,33-34H,2,20-22,24H2,1H3,(H,36,37). The Bertz CT molecular complexity index is 1440. The van der Waals surface area contributed by atoms with Crippen LogP contribution in [0.25, 0.3) is 12.2 Å². The number of fused-ring (bicyclic) bond motifs is 2. The van der Waals surface area contributed by atoms with Crippen molar-refractivity contribution in [3.63, 3.8) is 0 Å². The molecule has 204 valence electrons. The van der Waals surface area contributed by atoms with Crippen LogP contribution in [0.5, 0.6) is 5.75 Å². The molecule has 1 aliphatic carbocycles. The van der Waals surface area contributed by atoms with E-state index in [9.17, 15) is 9.90 Å². The smallest absolute Gasteiger partial charge is 0.333 e. The Morgan fingerprint density at radius 1 is 0.775 bits per heavy atom. The molecule has 0 aliphatic heterocycles. The number of aliphatic carboxylic acids is 1. The van der Waals surface area contributed by atoms with Gasteiger partial charge in [-0.05, 0) is 64.4 Å². The Labute approximate surface area is 235 Å². The van der Waals surface area contributed by atoms with Crippen LogP contribution in [-0.2, 0) is 27.1 Å². The van der Waals surface area contributed by atoms with Crippen molar-refractivity contribution in [3.8, 4) is 5.75 Å². The maximum absolute atomic E-state index is 11.4. The van der Waals surface area contributed by atoms with Gasteiger partial charge in [-0.25, -0.2) is 4.79 Å². The minimum Gasteiger partial charge on any atom is -0.491 e. The summed E-state index contributed by atoms with van der Waals surface area (Å²) in [7, 11) is 0. The number of hydrogen-bond acceptors (Lipinski definition) is 4. The number of benzene rings is 4. The molecule has 2 unspecified atom stereocenters. The lowest BCUT2D eigenvalue weighted by atomic mass is 9.93. The van der Waals surface area contributed by atoms with Crippen molar-refractivity contribution >= 4 is 18.1 Å². The van der Waals surface area contributed by atoms with E-state index >= 15 is 0 Å². The van der Waals surface area contributed by atoms with Gasteiger partial charge in [-0.15, -0.1) is 0 Å². The summed E-state index contributed by atoms with van der Waals surface area (Å²) in [6.07, 6.45) is 4.44. The average molecular weight is 535 g/mol. The molecule has 4 aromatic carbocycles. The fourth-order valence-corrected chi connectivity index (χ4v) is 5.05. The van der Waals surface area contributed by atoms with Crippen LogP contribution in [0.15, 0.2) is 97.1 Å². The lowest BCUT2D eigenvalue weighted by molar-refractivity contribution is -0.149. The van der Waals surface area contributed by atoms with Crippen molar-refractivity contribution < 1.29 is 24.1 Å². The number of rotatable bonds is 12. The molecular weight excluding hydrogens is 500 g/mol. The van der Waals surface area contributed by atoms with Crippen LogP contribution < -0.4 is 4.74 Å². The van der Waals surface area contributed by atoms with Crippen LogP contribution in [0.3, 0.4) is 0 Å². The van der Waals surface area contributed by atoms with Gasteiger partial charge >= 0.3 is 5.97 Å². The zero-order valence-electron chi connectivity index (χ0n) is 22.7. The highest BCUT2D eigenvalue weighted by atomic mass is 16.5. The highest BCUT2D eigenvalue weighted by Crippen LogP contribution is 2.36. The van der Waals surface area contributed by atoms with Gasteiger partial charge in [-0.1, -0.05) is 97.1 Å². The summed E-state index contributed by atoms with van der Waals surface area (Å²) in [6.45, 7) is 2.95. The van der Waals surface area contributed by atoms with E-state index in [2.05, 4.69) is 78.9 Å². The number of ether oxygens (including phenoxy) is 3. The predicted molar refractivity (Wildman–Crippen MR) is 158 cm³/mol. The number of carboxylic acids is 1. The van der Waals surface area contributed by atoms with Crippen molar-refractivity contribution in [3.05, 3.63) is 136 Å².